The van der Waals surface area contributed by atoms with Crippen LogP contribution in [0.3, 0.4) is 0 Å². The van der Waals surface area contributed by atoms with Crippen LogP contribution in [-0.2, 0) is 11.3 Å². The Labute approximate surface area is 116 Å². The second kappa shape index (κ2) is 6.16. The molecule has 0 aliphatic heterocycles. The van der Waals surface area contributed by atoms with Crippen molar-refractivity contribution in [2.45, 2.75) is 6.54 Å². The Morgan fingerprint density at radius 2 is 2.00 bits per heavy atom. The second-order valence-electron chi connectivity index (χ2n) is 4.17. The number of nitrogens with two attached hydrogens (primary N) is 1. The van der Waals surface area contributed by atoms with Crippen LogP contribution in [-0.4, -0.2) is 13.1 Å². The quantitative estimate of drug-likeness (QED) is 0.841. The zero-order valence-corrected chi connectivity index (χ0v) is 11.0. The van der Waals surface area contributed by atoms with Gasteiger partial charge in [-0.05, 0) is 35.9 Å². The number of carbonyl (C=O) groups is 1. The number of halogens is 1. The molecule has 5 heteroatoms. The minimum Gasteiger partial charge on any atom is -0.465 e. The van der Waals surface area contributed by atoms with Crippen molar-refractivity contribution >= 4 is 17.3 Å². The molecule has 4 nitrogen and oxygen atoms in total. The van der Waals surface area contributed by atoms with Crippen LogP contribution in [0.5, 0.6) is 0 Å². The van der Waals surface area contributed by atoms with Crippen LogP contribution in [0, 0.1) is 5.82 Å². The first-order valence-corrected chi connectivity index (χ1v) is 6.08. The number of hydrogen-bond acceptors (Lipinski definition) is 4. The normalized spacial score (nSPS) is 10.2. The first-order chi connectivity index (χ1) is 9.65. The number of hydrogen-bond donors (Lipinski definition) is 2. The summed E-state index contributed by atoms with van der Waals surface area (Å²) in [4.78, 5) is 11.7. The zero-order valence-electron chi connectivity index (χ0n) is 11.0. The highest BCUT2D eigenvalue weighted by Crippen LogP contribution is 2.24. The summed E-state index contributed by atoms with van der Waals surface area (Å²) in [6, 6.07) is 11.2. The largest absolute Gasteiger partial charge is 0.465 e. The molecule has 0 atom stereocenters. The van der Waals surface area contributed by atoms with E-state index in [1.807, 2.05) is 0 Å². The molecule has 0 amide bonds. The summed E-state index contributed by atoms with van der Waals surface area (Å²) >= 11 is 0. The molecule has 3 N–H and O–H groups in total. The van der Waals surface area contributed by atoms with Crippen molar-refractivity contribution in [2.24, 2.45) is 5.73 Å². The number of rotatable bonds is 4. The highest BCUT2D eigenvalue weighted by Gasteiger charge is 2.12. The predicted octanol–water partition coefficient (Wildman–Crippen LogP) is 2.81. The molecule has 0 bridgehead atoms. The molecule has 2 rings (SSSR count). The lowest BCUT2D eigenvalue weighted by atomic mass is 10.1. The molecule has 0 fully saturated rings. The van der Waals surface area contributed by atoms with Crippen LogP contribution >= 0.6 is 0 Å². The first kappa shape index (κ1) is 14.0. The van der Waals surface area contributed by atoms with E-state index in [0.29, 0.717) is 22.5 Å². The van der Waals surface area contributed by atoms with Crippen molar-refractivity contribution in [3.05, 3.63) is 59.4 Å². The Bertz CT molecular complexity index is 629. The van der Waals surface area contributed by atoms with Gasteiger partial charge in [0.15, 0.2) is 0 Å². The van der Waals surface area contributed by atoms with E-state index >= 15 is 0 Å². The Morgan fingerprint density at radius 3 is 2.70 bits per heavy atom. The van der Waals surface area contributed by atoms with Crippen LogP contribution in [0.25, 0.3) is 0 Å². The topological polar surface area (TPSA) is 64.3 Å². The number of anilines is 2. The van der Waals surface area contributed by atoms with Gasteiger partial charge in [-0.1, -0.05) is 12.1 Å². The van der Waals surface area contributed by atoms with E-state index in [2.05, 4.69) is 5.32 Å². The fourth-order valence-electron chi connectivity index (χ4n) is 1.88. The maximum Gasteiger partial charge on any atom is 0.339 e. The van der Waals surface area contributed by atoms with Gasteiger partial charge in [-0.3, -0.25) is 0 Å². The second-order valence-corrected chi connectivity index (χ2v) is 4.17. The first-order valence-electron chi connectivity index (χ1n) is 6.08. The van der Waals surface area contributed by atoms with Crippen molar-refractivity contribution in [1.82, 2.24) is 0 Å². The third kappa shape index (κ3) is 2.95. The molecular formula is C15H15FN2O2. The Balaban J connectivity index is 2.38. The Morgan fingerprint density at radius 1 is 1.25 bits per heavy atom. The molecule has 0 aliphatic carbocycles. The van der Waals surface area contributed by atoms with Crippen molar-refractivity contribution < 1.29 is 13.9 Å². The summed E-state index contributed by atoms with van der Waals surface area (Å²) in [5.74, 6) is -0.790. The van der Waals surface area contributed by atoms with Crippen LogP contribution < -0.4 is 11.1 Å². The lowest BCUT2D eigenvalue weighted by Gasteiger charge is -2.13. The molecule has 2 aromatic carbocycles. The van der Waals surface area contributed by atoms with E-state index < -0.39 is 5.97 Å². The average Bonchev–Trinajstić information content (AvgIpc) is 2.48. The average molecular weight is 274 g/mol. The van der Waals surface area contributed by atoms with Crippen LogP contribution in [0.1, 0.15) is 15.9 Å². The summed E-state index contributed by atoms with van der Waals surface area (Å²) in [5, 5.41) is 3.09. The Kier molecular flexibility index (Phi) is 4.32. The van der Waals surface area contributed by atoms with E-state index in [4.69, 9.17) is 10.5 Å². The molecule has 104 valence electrons. The number of methoxy groups -OCH3 is 1. The van der Waals surface area contributed by atoms with E-state index in [0.717, 1.165) is 0 Å². The third-order valence-corrected chi connectivity index (χ3v) is 2.89. The summed E-state index contributed by atoms with van der Waals surface area (Å²) < 4.78 is 17.9. The highest BCUT2D eigenvalue weighted by atomic mass is 19.1. The zero-order chi connectivity index (χ0) is 14.5. The van der Waals surface area contributed by atoms with Gasteiger partial charge in [0, 0.05) is 12.2 Å². The predicted molar refractivity (Wildman–Crippen MR) is 75.4 cm³/mol. The minimum atomic E-state index is -0.440. The molecule has 0 aromatic heterocycles. The van der Waals surface area contributed by atoms with Gasteiger partial charge in [-0.15, -0.1) is 0 Å². The Hall–Kier alpha value is -2.40. The summed E-state index contributed by atoms with van der Waals surface area (Å²) in [6.45, 7) is 0.195. The molecule has 0 aliphatic rings. The molecule has 0 unspecified atom stereocenters. The van der Waals surface area contributed by atoms with Crippen LogP contribution in [0.4, 0.5) is 15.8 Å². The van der Waals surface area contributed by atoms with Gasteiger partial charge in [0.05, 0.1) is 18.4 Å². The van der Waals surface area contributed by atoms with Gasteiger partial charge < -0.3 is 15.8 Å². The third-order valence-electron chi connectivity index (χ3n) is 2.89. The molecule has 0 saturated heterocycles. The van der Waals surface area contributed by atoms with Crippen molar-refractivity contribution in [2.75, 3.05) is 12.4 Å². The lowest BCUT2D eigenvalue weighted by molar-refractivity contribution is 0.0602. The fourth-order valence-corrected chi connectivity index (χ4v) is 1.88. The van der Waals surface area contributed by atoms with Crippen molar-refractivity contribution in [3.8, 4) is 0 Å². The van der Waals surface area contributed by atoms with Crippen molar-refractivity contribution in [3.63, 3.8) is 0 Å². The highest BCUT2D eigenvalue weighted by molar-refractivity contribution is 5.96. The van der Waals surface area contributed by atoms with E-state index in [-0.39, 0.29) is 12.4 Å². The van der Waals surface area contributed by atoms with E-state index in [9.17, 15) is 9.18 Å². The van der Waals surface area contributed by atoms with Crippen molar-refractivity contribution in [1.29, 1.82) is 0 Å². The molecule has 0 saturated carbocycles. The van der Waals surface area contributed by atoms with Gasteiger partial charge in [-0.2, -0.15) is 0 Å². The molecule has 0 radical (unpaired) electrons. The molecule has 2 aromatic rings. The number of ether oxygens (including phenoxy) is 1. The van der Waals surface area contributed by atoms with Gasteiger partial charge in [0.25, 0.3) is 0 Å². The van der Waals surface area contributed by atoms with Gasteiger partial charge >= 0.3 is 5.97 Å². The smallest absolute Gasteiger partial charge is 0.339 e. The fraction of sp³-hybridized carbons (Fsp3) is 0.133. The summed E-state index contributed by atoms with van der Waals surface area (Å²) in [7, 11) is 1.32. The number of esters is 1. The van der Waals surface area contributed by atoms with E-state index in [1.165, 1.54) is 19.2 Å². The summed E-state index contributed by atoms with van der Waals surface area (Å²) in [5.41, 5.74) is 7.87. The maximum atomic E-state index is 13.2. The minimum absolute atomic E-state index is 0.195. The van der Waals surface area contributed by atoms with Crippen LogP contribution in [0.2, 0.25) is 0 Å². The van der Waals surface area contributed by atoms with Gasteiger partial charge in [0.2, 0.25) is 0 Å². The SMILES string of the molecule is COC(=O)c1ccccc1Nc1ccc(F)cc1CN. The standard InChI is InChI=1S/C15H15FN2O2/c1-20-15(19)12-4-2-3-5-14(12)18-13-7-6-11(16)8-10(13)9-17/h2-8,18H,9,17H2,1H3. The lowest BCUT2D eigenvalue weighted by Crippen LogP contribution is -2.07. The maximum absolute atomic E-state index is 13.2. The number of nitrogens with one attached hydrogen (secondary N) is 1. The van der Waals surface area contributed by atoms with E-state index in [1.54, 1.807) is 30.3 Å². The van der Waals surface area contributed by atoms with Crippen LogP contribution in [0.15, 0.2) is 42.5 Å². The monoisotopic (exact) mass is 274 g/mol. The molecule has 0 heterocycles. The number of benzene rings is 2. The molecule has 20 heavy (non-hydrogen) atoms. The number of carbonyl (C=O) groups excluding carboxylic acids is 1. The molecular weight excluding hydrogens is 259 g/mol. The summed E-state index contributed by atoms with van der Waals surface area (Å²) in [6.07, 6.45) is 0. The number of para-hydroxylation sites is 1. The van der Waals surface area contributed by atoms with Gasteiger partial charge in [-0.25, -0.2) is 9.18 Å². The van der Waals surface area contributed by atoms with Gasteiger partial charge in [0.1, 0.15) is 5.82 Å². The molecule has 0 spiro atoms.